The van der Waals surface area contributed by atoms with E-state index in [1.54, 1.807) is 6.92 Å². The van der Waals surface area contributed by atoms with E-state index in [4.69, 9.17) is 9.47 Å². The highest BCUT2D eigenvalue weighted by Crippen LogP contribution is 2.17. The minimum atomic E-state index is -0.576. The number of aryl methyl sites for hydroxylation is 1. The summed E-state index contributed by atoms with van der Waals surface area (Å²) >= 11 is 0. The van der Waals surface area contributed by atoms with Crippen molar-refractivity contribution in [2.24, 2.45) is 0 Å². The van der Waals surface area contributed by atoms with Crippen LogP contribution in [0.1, 0.15) is 19.4 Å². The van der Waals surface area contributed by atoms with E-state index in [0.29, 0.717) is 18.0 Å². The first-order valence-corrected chi connectivity index (χ1v) is 7.35. The Morgan fingerprint density at radius 2 is 1.86 bits per heavy atom. The summed E-state index contributed by atoms with van der Waals surface area (Å²) in [6.07, 6.45) is -0.576. The third-order valence-corrected chi connectivity index (χ3v) is 3.10. The molecule has 1 amide bonds. The molecule has 1 N–H and O–H groups in total. The van der Waals surface area contributed by atoms with Gasteiger partial charge in [-0.2, -0.15) is 0 Å². The average molecular weight is 299 g/mol. The van der Waals surface area contributed by atoms with Gasteiger partial charge in [-0.15, -0.1) is 0 Å². The summed E-state index contributed by atoms with van der Waals surface area (Å²) in [6, 6.07) is 14.9. The van der Waals surface area contributed by atoms with Gasteiger partial charge in [-0.1, -0.05) is 12.1 Å². The van der Waals surface area contributed by atoms with E-state index in [2.05, 4.69) is 5.32 Å². The van der Waals surface area contributed by atoms with Crippen LogP contribution < -0.4 is 14.8 Å². The number of amides is 1. The lowest BCUT2D eigenvalue weighted by atomic mass is 10.2. The predicted octanol–water partition coefficient (Wildman–Crippen LogP) is 3.80. The van der Waals surface area contributed by atoms with E-state index < -0.39 is 6.10 Å². The van der Waals surface area contributed by atoms with E-state index in [9.17, 15) is 4.79 Å². The highest BCUT2D eigenvalue weighted by Gasteiger charge is 2.14. The zero-order valence-electron chi connectivity index (χ0n) is 13.1. The Morgan fingerprint density at radius 3 is 2.50 bits per heavy atom. The Kier molecular flexibility index (Phi) is 5.42. The van der Waals surface area contributed by atoms with E-state index in [0.717, 1.165) is 11.3 Å². The van der Waals surface area contributed by atoms with Crippen LogP contribution in [0.15, 0.2) is 48.5 Å². The molecule has 22 heavy (non-hydrogen) atoms. The smallest absolute Gasteiger partial charge is 0.265 e. The van der Waals surface area contributed by atoms with Crippen LogP contribution in [0, 0.1) is 6.92 Å². The van der Waals surface area contributed by atoms with Crippen molar-refractivity contribution in [1.29, 1.82) is 0 Å². The molecule has 0 unspecified atom stereocenters. The summed E-state index contributed by atoms with van der Waals surface area (Å²) < 4.78 is 11.0. The van der Waals surface area contributed by atoms with Crippen molar-refractivity contribution in [3.8, 4) is 11.5 Å². The standard InChI is InChI=1S/C18H21NO3/c1-4-21-16-10-8-15(9-11-16)19-18(20)14(3)22-17-7-5-6-13(2)12-17/h5-12,14H,4H2,1-3H3,(H,19,20)/t14-/m1/s1. The Hall–Kier alpha value is -2.49. The van der Waals surface area contributed by atoms with Crippen LogP contribution in [0.2, 0.25) is 0 Å². The van der Waals surface area contributed by atoms with E-state index >= 15 is 0 Å². The summed E-state index contributed by atoms with van der Waals surface area (Å²) in [6.45, 7) is 6.26. The first-order chi connectivity index (χ1) is 10.6. The molecule has 0 heterocycles. The molecule has 0 aliphatic rings. The van der Waals surface area contributed by atoms with Gasteiger partial charge in [0, 0.05) is 5.69 Å². The average Bonchev–Trinajstić information content (AvgIpc) is 2.49. The molecule has 2 aromatic rings. The third kappa shape index (κ3) is 4.52. The van der Waals surface area contributed by atoms with Gasteiger partial charge in [-0.05, 0) is 62.7 Å². The molecule has 0 fully saturated rings. The molecule has 0 saturated heterocycles. The number of carbonyl (C=O) groups excluding carboxylic acids is 1. The SMILES string of the molecule is CCOc1ccc(NC(=O)[C@@H](C)Oc2cccc(C)c2)cc1. The second-order valence-corrected chi connectivity index (χ2v) is 5.02. The number of nitrogens with one attached hydrogen (secondary N) is 1. The summed E-state index contributed by atoms with van der Waals surface area (Å²) in [4.78, 5) is 12.1. The lowest BCUT2D eigenvalue weighted by Gasteiger charge is -2.15. The van der Waals surface area contributed by atoms with Crippen LogP contribution in [-0.2, 0) is 4.79 Å². The minimum absolute atomic E-state index is 0.189. The monoisotopic (exact) mass is 299 g/mol. The number of benzene rings is 2. The fraction of sp³-hybridized carbons (Fsp3) is 0.278. The van der Waals surface area contributed by atoms with Crippen LogP contribution in [-0.4, -0.2) is 18.6 Å². The van der Waals surface area contributed by atoms with Crippen molar-refractivity contribution in [2.45, 2.75) is 26.9 Å². The minimum Gasteiger partial charge on any atom is -0.494 e. The molecule has 0 spiro atoms. The highest BCUT2D eigenvalue weighted by atomic mass is 16.5. The normalized spacial score (nSPS) is 11.6. The Balaban J connectivity index is 1.93. The maximum absolute atomic E-state index is 12.1. The first-order valence-electron chi connectivity index (χ1n) is 7.35. The van der Waals surface area contributed by atoms with Gasteiger partial charge in [0.05, 0.1) is 6.61 Å². The summed E-state index contributed by atoms with van der Waals surface area (Å²) in [5.74, 6) is 1.28. The van der Waals surface area contributed by atoms with Crippen LogP contribution in [0.25, 0.3) is 0 Å². The molecule has 0 aliphatic heterocycles. The lowest BCUT2D eigenvalue weighted by molar-refractivity contribution is -0.122. The van der Waals surface area contributed by atoms with Crippen LogP contribution in [0.3, 0.4) is 0 Å². The third-order valence-electron chi connectivity index (χ3n) is 3.10. The molecule has 2 rings (SSSR count). The fourth-order valence-electron chi connectivity index (χ4n) is 1.99. The Morgan fingerprint density at radius 1 is 1.14 bits per heavy atom. The molecule has 0 aliphatic carbocycles. The number of anilines is 1. The summed E-state index contributed by atoms with van der Waals surface area (Å²) in [7, 11) is 0. The highest BCUT2D eigenvalue weighted by molar-refractivity contribution is 5.94. The number of hydrogen-bond acceptors (Lipinski definition) is 3. The topological polar surface area (TPSA) is 47.6 Å². The number of hydrogen-bond donors (Lipinski definition) is 1. The Labute approximate surface area is 131 Å². The molecular formula is C18H21NO3. The largest absolute Gasteiger partial charge is 0.494 e. The van der Waals surface area contributed by atoms with Crippen molar-refractivity contribution >= 4 is 11.6 Å². The first kappa shape index (κ1) is 15.9. The van der Waals surface area contributed by atoms with Gasteiger partial charge in [0.2, 0.25) is 0 Å². The van der Waals surface area contributed by atoms with Crippen LogP contribution in [0.5, 0.6) is 11.5 Å². The quantitative estimate of drug-likeness (QED) is 0.882. The van der Waals surface area contributed by atoms with Gasteiger partial charge in [0.15, 0.2) is 6.10 Å². The van der Waals surface area contributed by atoms with Crippen LogP contribution >= 0.6 is 0 Å². The molecule has 116 valence electrons. The maximum Gasteiger partial charge on any atom is 0.265 e. The maximum atomic E-state index is 12.1. The number of carbonyl (C=O) groups is 1. The molecule has 0 radical (unpaired) electrons. The fourth-order valence-corrected chi connectivity index (χ4v) is 1.99. The van der Waals surface area contributed by atoms with Gasteiger partial charge in [0.1, 0.15) is 11.5 Å². The predicted molar refractivity (Wildman–Crippen MR) is 87.5 cm³/mol. The molecule has 0 aromatic heterocycles. The van der Waals surface area contributed by atoms with E-state index in [-0.39, 0.29) is 5.91 Å². The molecule has 2 aromatic carbocycles. The van der Waals surface area contributed by atoms with Gasteiger partial charge in [-0.25, -0.2) is 0 Å². The number of ether oxygens (including phenoxy) is 2. The van der Waals surface area contributed by atoms with Gasteiger partial charge in [0.25, 0.3) is 5.91 Å². The molecule has 4 heteroatoms. The van der Waals surface area contributed by atoms with Gasteiger partial charge < -0.3 is 14.8 Å². The molecule has 4 nitrogen and oxygen atoms in total. The lowest BCUT2D eigenvalue weighted by Crippen LogP contribution is -2.30. The molecule has 0 saturated carbocycles. The van der Waals surface area contributed by atoms with Crippen LogP contribution in [0.4, 0.5) is 5.69 Å². The van der Waals surface area contributed by atoms with Crippen molar-refractivity contribution in [3.63, 3.8) is 0 Å². The second-order valence-electron chi connectivity index (χ2n) is 5.02. The summed E-state index contributed by atoms with van der Waals surface area (Å²) in [5.41, 5.74) is 1.81. The van der Waals surface area contributed by atoms with E-state index in [1.165, 1.54) is 0 Å². The molecular weight excluding hydrogens is 278 g/mol. The van der Waals surface area contributed by atoms with Gasteiger partial charge in [-0.3, -0.25) is 4.79 Å². The molecule has 0 bridgehead atoms. The molecule has 1 atom stereocenters. The number of rotatable bonds is 6. The summed E-state index contributed by atoms with van der Waals surface area (Å²) in [5, 5.41) is 2.83. The second kappa shape index (κ2) is 7.50. The van der Waals surface area contributed by atoms with Gasteiger partial charge >= 0.3 is 0 Å². The zero-order valence-corrected chi connectivity index (χ0v) is 13.1. The zero-order chi connectivity index (χ0) is 15.9. The van der Waals surface area contributed by atoms with Crippen molar-refractivity contribution in [2.75, 3.05) is 11.9 Å². The Bertz CT molecular complexity index is 622. The van der Waals surface area contributed by atoms with Crippen molar-refractivity contribution in [1.82, 2.24) is 0 Å². The van der Waals surface area contributed by atoms with Crippen molar-refractivity contribution < 1.29 is 14.3 Å². The van der Waals surface area contributed by atoms with Crippen molar-refractivity contribution in [3.05, 3.63) is 54.1 Å². The van der Waals surface area contributed by atoms with E-state index in [1.807, 2.05) is 62.4 Å².